The number of thioether (sulfide) groups is 1. The van der Waals surface area contributed by atoms with E-state index in [2.05, 4.69) is 34.1 Å². The summed E-state index contributed by atoms with van der Waals surface area (Å²) in [4.78, 5) is 34.6. The smallest absolute Gasteiger partial charge is 0.269 e. The fraction of sp³-hybridized carbons (Fsp3) is 0.286. The number of piperazine rings is 1. The summed E-state index contributed by atoms with van der Waals surface area (Å²) in [6.45, 7) is 5.14. The van der Waals surface area contributed by atoms with Crippen LogP contribution >= 0.6 is 23.4 Å². The Hall–Kier alpha value is -2.84. The van der Waals surface area contributed by atoms with E-state index >= 15 is 0 Å². The normalized spacial score (nSPS) is 22.6. The summed E-state index contributed by atoms with van der Waals surface area (Å²) in [6.07, 6.45) is 0. The van der Waals surface area contributed by atoms with Crippen molar-refractivity contribution in [3.8, 4) is 0 Å². The second-order valence-corrected chi connectivity index (χ2v) is 11.0. The Kier molecular flexibility index (Phi) is 6.25. The number of anilines is 2. The van der Waals surface area contributed by atoms with Gasteiger partial charge in [0.05, 0.1) is 18.1 Å². The molecule has 0 saturated carbocycles. The standard InChI is InChI=1S/C28H27ClN4O2S/c29-22-10-12-23(13-11-22)33-26(34)19-36-28(33)24-8-4-5-9-25(24)32(27(28)35)20-31-16-14-30(15-17-31)18-21-6-2-1-3-7-21/h1-13H,14-20H2. The van der Waals surface area contributed by atoms with Gasteiger partial charge in [0.2, 0.25) is 10.8 Å². The minimum absolute atomic E-state index is 0.0544. The zero-order valence-electron chi connectivity index (χ0n) is 19.8. The Morgan fingerprint density at radius 2 is 1.47 bits per heavy atom. The van der Waals surface area contributed by atoms with Crippen molar-refractivity contribution in [2.45, 2.75) is 11.4 Å². The molecule has 2 amide bonds. The number of para-hydroxylation sites is 1. The van der Waals surface area contributed by atoms with Crippen molar-refractivity contribution in [3.05, 3.63) is 95.0 Å². The maximum atomic E-state index is 14.2. The highest BCUT2D eigenvalue weighted by atomic mass is 35.5. The van der Waals surface area contributed by atoms with Crippen LogP contribution in [0.5, 0.6) is 0 Å². The van der Waals surface area contributed by atoms with E-state index < -0.39 is 4.87 Å². The molecule has 3 aliphatic heterocycles. The van der Waals surface area contributed by atoms with Gasteiger partial charge in [0.1, 0.15) is 0 Å². The third-order valence-corrected chi connectivity index (χ3v) is 8.84. The molecule has 2 saturated heterocycles. The first-order valence-corrected chi connectivity index (χ1v) is 13.6. The first-order chi connectivity index (χ1) is 17.6. The first kappa shape index (κ1) is 23.6. The van der Waals surface area contributed by atoms with Crippen LogP contribution in [0.4, 0.5) is 11.4 Å². The van der Waals surface area contributed by atoms with Crippen LogP contribution in [0.15, 0.2) is 78.9 Å². The van der Waals surface area contributed by atoms with Crippen LogP contribution in [0.2, 0.25) is 5.02 Å². The van der Waals surface area contributed by atoms with Gasteiger partial charge in [-0.2, -0.15) is 0 Å². The number of fused-ring (bicyclic) bond motifs is 2. The molecule has 0 aromatic heterocycles. The number of nitrogens with zero attached hydrogens (tertiary/aromatic N) is 4. The Bertz CT molecular complexity index is 1280. The van der Waals surface area contributed by atoms with Gasteiger partial charge in [0.25, 0.3) is 5.91 Å². The zero-order chi connectivity index (χ0) is 24.7. The number of hydrogen-bond donors (Lipinski definition) is 0. The molecule has 184 valence electrons. The van der Waals surface area contributed by atoms with Gasteiger partial charge >= 0.3 is 0 Å². The van der Waals surface area contributed by atoms with Gasteiger partial charge in [0, 0.05) is 49.0 Å². The van der Waals surface area contributed by atoms with E-state index in [1.54, 1.807) is 17.0 Å². The average molecular weight is 519 g/mol. The van der Waals surface area contributed by atoms with Crippen LogP contribution in [0.1, 0.15) is 11.1 Å². The van der Waals surface area contributed by atoms with Gasteiger partial charge in [-0.3, -0.25) is 29.2 Å². The van der Waals surface area contributed by atoms with E-state index in [4.69, 9.17) is 11.6 Å². The number of halogens is 1. The summed E-state index contributed by atoms with van der Waals surface area (Å²) in [6, 6.07) is 25.6. The molecule has 1 spiro atoms. The highest BCUT2D eigenvalue weighted by molar-refractivity contribution is 8.02. The summed E-state index contributed by atoms with van der Waals surface area (Å²) in [5, 5.41) is 0.596. The van der Waals surface area contributed by atoms with Gasteiger partial charge < -0.3 is 0 Å². The lowest BCUT2D eigenvalue weighted by Crippen LogP contribution is -2.54. The summed E-state index contributed by atoms with van der Waals surface area (Å²) in [5.41, 5.74) is 3.77. The van der Waals surface area contributed by atoms with Crippen LogP contribution in [0, 0.1) is 0 Å². The molecular formula is C28H27ClN4O2S. The molecule has 0 aliphatic carbocycles. The van der Waals surface area contributed by atoms with E-state index in [1.165, 1.54) is 17.3 Å². The van der Waals surface area contributed by atoms with Crippen LogP contribution in [0.25, 0.3) is 0 Å². The molecule has 2 fully saturated rings. The number of benzene rings is 3. The van der Waals surface area contributed by atoms with Crippen molar-refractivity contribution in [2.75, 3.05) is 48.4 Å². The van der Waals surface area contributed by atoms with Crippen LogP contribution in [-0.2, 0) is 21.0 Å². The van der Waals surface area contributed by atoms with Crippen molar-refractivity contribution in [2.24, 2.45) is 0 Å². The lowest BCUT2D eigenvalue weighted by molar-refractivity contribution is -0.124. The molecule has 36 heavy (non-hydrogen) atoms. The first-order valence-electron chi connectivity index (χ1n) is 12.2. The van der Waals surface area contributed by atoms with Crippen molar-refractivity contribution in [3.63, 3.8) is 0 Å². The van der Waals surface area contributed by atoms with E-state index in [9.17, 15) is 9.59 Å². The lowest BCUT2D eigenvalue weighted by atomic mass is 10.0. The molecule has 3 aromatic carbocycles. The topological polar surface area (TPSA) is 47.1 Å². The Morgan fingerprint density at radius 1 is 0.806 bits per heavy atom. The minimum Gasteiger partial charge on any atom is -0.297 e. The van der Waals surface area contributed by atoms with Gasteiger partial charge in [-0.15, -0.1) is 11.8 Å². The van der Waals surface area contributed by atoms with Crippen LogP contribution in [-0.4, -0.2) is 60.2 Å². The van der Waals surface area contributed by atoms with E-state index in [0.717, 1.165) is 44.0 Å². The molecule has 1 atom stereocenters. The molecule has 1 unspecified atom stereocenters. The minimum atomic E-state index is -1.09. The number of hydrogen-bond acceptors (Lipinski definition) is 5. The SMILES string of the molecule is O=C1CSC2(C(=O)N(CN3CCN(Cc4ccccc4)CC3)c3ccccc32)N1c1ccc(Cl)cc1. The molecule has 6 nitrogen and oxygen atoms in total. The largest absolute Gasteiger partial charge is 0.297 e. The average Bonchev–Trinajstić information content (AvgIpc) is 3.37. The fourth-order valence-electron chi connectivity index (χ4n) is 5.42. The summed E-state index contributed by atoms with van der Waals surface area (Å²) >= 11 is 7.52. The van der Waals surface area contributed by atoms with Gasteiger partial charge in [-0.1, -0.05) is 60.1 Å². The molecule has 0 N–H and O–H groups in total. The number of rotatable bonds is 5. The van der Waals surface area contributed by atoms with Gasteiger partial charge in [-0.05, 0) is 35.9 Å². The summed E-state index contributed by atoms with van der Waals surface area (Å²) < 4.78 is 0. The van der Waals surface area contributed by atoms with Gasteiger partial charge in [-0.25, -0.2) is 0 Å². The number of amides is 2. The lowest BCUT2D eigenvalue weighted by Gasteiger charge is -2.37. The maximum absolute atomic E-state index is 14.2. The van der Waals surface area contributed by atoms with Crippen LogP contribution in [0.3, 0.4) is 0 Å². The molecule has 3 aliphatic rings. The third kappa shape index (κ3) is 4.00. The molecule has 0 radical (unpaired) electrons. The summed E-state index contributed by atoms with van der Waals surface area (Å²) in [5.74, 6) is 0.136. The second-order valence-electron chi connectivity index (χ2n) is 9.41. The molecule has 0 bridgehead atoms. The number of carbonyl (C=O) groups is 2. The van der Waals surface area contributed by atoms with Crippen LogP contribution < -0.4 is 9.80 Å². The second kappa shape index (κ2) is 9.56. The highest BCUT2D eigenvalue weighted by Crippen LogP contribution is 2.55. The quantitative estimate of drug-likeness (QED) is 0.501. The highest BCUT2D eigenvalue weighted by Gasteiger charge is 2.61. The molecule has 3 heterocycles. The van der Waals surface area contributed by atoms with Crippen molar-refractivity contribution < 1.29 is 9.59 Å². The maximum Gasteiger partial charge on any atom is 0.269 e. The Labute approximate surface area is 220 Å². The van der Waals surface area contributed by atoms with Crippen molar-refractivity contribution in [1.29, 1.82) is 0 Å². The van der Waals surface area contributed by atoms with Crippen molar-refractivity contribution >= 4 is 46.6 Å². The molecule has 3 aromatic rings. The third-order valence-electron chi connectivity index (χ3n) is 7.20. The molecule has 8 heteroatoms. The molecule has 6 rings (SSSR count). The fourth-order valence-corrected chi connectivity index (χ4v) is 6.90. The zero-order valence-corrected chi connectivity index (χ0v) is 21.4. The Balaban J connectivity index is 1.24. The van der Waals surface area contributed by atoms with Crippen molar-refractivity contribution in [1.82, 2.24) is 9.80 Å². The summed E-state index contributed by atoms with van der Waals surface area (Å²) in [7, 11) is 0. The number of carbonyl (C=O) groups excluding carboxylic acids is 2. The predicted octanol–water partition coefficient (Wildman–Crippen LogP) is 4.39. The van der Waals surface area contributed by atoms with E-state index in [0.29, 0.717) is 17.4 Å². The van der Waals surface area contributed by atoms with Gasteiger partial charge in [0.15, 0.2) is 0 Å². The van der Waals surface area contributed by atoms with E-state index in [1.807, 2.05) is 47.4 Å². The predicted molar refractivity (Wildman–Crippen MR) is 145 cm³/mol. The monoisotopic (exact) mass is 518 g/mol. The van der Waals surface area contributed by atoms with E-state index in [-0.39, 0.29) is 17.6 Å². The molecular weight excluding hydrogens is 492 g/mol. The Morgan fingerprint density at radius 3 is 2.22 bits per heavy atom.